The molecule has 2 heteroatoms. The molecule has 0 radical (unpaired) electrons. The molecule has 0 heterocycles. The lowest BCUT2D eigenvalue weighted by Gasteiger charge is -2.39. The molecule has 3 unspecified atom stereocenters. The molecule has 2 saturated carbocycles. The molecule has 2 N–H and O–H groups in total. The van der Waals surface area contributed by atoms with Crippen LogP contribution in [-0.2, 0) is 0 Å². The van der Waals surface area contributed by atoms with Gasteiger partial charge in [-0.2, -0.15) is 0 Å². The minimum Gasteiger partial charge on any atom is -0.395 e. The Morgan fingerprint density at radius 2 is 1.79 bits per heavy atom. The van der Waals surface area contributed by atoms with E-state index in [0.29, 0.717) is 6.04 Å². The summed E-state index contributed by atoms with van der Waals surface area (Å²) < 4.78 is 0. The zero-order valence-electron chi connectivity index (χ0n) is 9.04. The van der Waals surface area contributed by atoms with E-state index in [1.54, 1.807) is 0 Å². The molecule has 2 aliphatic carbocycles. The van der Waals surface area contributed by atoms with E-state index in [2.05, 4.69) is 5.32 Å². The Kier molecular flexibility index (Phi) is 3.82. The van der Waals surface area contributed by atoms with Crippen molar-refractivity contribution in [2.45, 2.75) is 51.0 Å². The summed E-state index contributed by atoms with van der Waals surface area (Å²) >= 11 is 0. The van der Waals surface area contributed by atoms with Crippen molar-refractivity contribution in [3.8, 4) is 0 Å². The van der Waals surface area contributed by atoms with Crippen LogP contribution in [-0.4, -0.2) is 24.3 Å². The first kappa shape index (κ1) is 10.4. The number of rotatable bonds is 3. The molecule has 82 valence electrons. The first-order valence-electron chi connectivity index (χ1n) is 6.24. The number of aliphatic hydroxyl groups is 1. The fraction of sp³-hybridized carbons (Fsp3) is 1.00. The maximum Gasteiger partial charge on any atom is 0.0556 e. The van der Waals surface area contributed by atoms with Gasteiger partial charge in [0.1, 0.15) is 0 Å². The molecule has 0 bridgehead atoms. The highest BCUT2D eigenvalue weighted by Crippen LogP contribution is 2.40. The molecule has 0 aliphatic heterocycles. The third kappa shape index (κ3) is 2.48. The highest BCUT2D eigenvalue weighted by Gasteiger charge is 2.31. The Labute approximate surface area is 87.1 Å². The molecule has 0 aromatic rings. The Morgan fingerprint density at radius 3 is 2.57 bits per heavy atom. The molecule has 0 aromatic heterocycles. The molecule has 14 heavy (non-hydrogen) atoms. The lowest BCUT2D eigenvalue weighted by Crippen LogP contribution is -2.39. The van der Waals surface area contributed by atoms with Crippen molar-refractivity contribution in [1.82, 2.24) is 5.32 Å². The van der Waals surface area contributed by atoms with Gasteiger partial charge in [-0.25, -0.2) is 0 Å². The number of aliphatic hydroxyl groups excluding tert-OH is 1. The first-order valence-corrected chi connectivity index (χ1v) is 6.24. The van der Waals surface area contributed by atoms with Gasteiger partial charge in [-0.3, -0.25) is 0 Å². The molecule has 0 saturated heterocycles. The standard InChI is InChI=1S/C12H23NO/c14-8-7-13-12-6-5-10-3-1-2-4-11(10)9-12/h10-14H,1-9H2. The number of nitrogens with one attached hydrogen (secondary N) is 1. The van der Waals surface area contributed by atoms with Crippen LogP contribution in [0.3, 0.4) is 0 Å². The summed E-state index contributed by atoms with van der Waals surface area (Å²) in [4.78, 5) is 0. The van der Waals surface area contributed by atoms with E-state index in [1.807, 2.05) is 0 Å². The lowest BCUT2D eigenvalue weighted by atomic mass is 9.69. The fourth-order valence-electron chi connectivity index (χ4n) is 3.33. The van der Waals surface area contributed by atoms with Gasteiger partial charge in [0, 0.05) is 12.6 Å². The largest absolute Gasteiger partial charge is 0.395 e. The SMILES string of the molecule is OCCNC1CCC2CCCCC2C1. The predicted molar refractivity (Wildman–Crippen MR) is 58.2 cm³/mol. The van der Waals surface area contributed by atoms with Crippen molar-refractivity contribution in [3.63, 3.8) is 0 Å². The van der Waals surface area contributed by atoms with Crippen LogP contribution in [0.4, 0.5) is 0 Å². The molecule has 2 nitrogen and oxygen atoms in total. The van der Waals surface area contributed by atoms with Gasteiger partial charge in [0.05, 0.1) is 6.61 Å². The number of fused-ring (bicyclic) bond motifs is 1. The normalized spacial score (nSPS) is 37.9. The van der Waals surface area contributed by atoms with Crippen LogP contribution in [0.25, 0.3) is 0 Å². The van der Waals surface area contributed by atoms with Crippen molar-refractivity contribution in [2.75, 3.05) is 13.2 Å². The minimum atomic E-state index is 0.282. The highest BCUT2D eigenvalue weighted by molar-refractivity contribution is 4.85. The average molecular weight is 197 g/mol. The summed E-state index contributed by atoms with van der Waals surface area (Å²) in [7, 11) is 0. The zero-order chi connectivity index (χ0) is 9.80. The van der Waals surface area contributed by atoms with E-state index in [-0.39, 0.29) is 6.61 Å². The maximum atomic E-state index is 8.77. The van der Waals surface area contributed by atoms with Gasteiger partial charge in [-0.15, -0.1) is 0 Å². The van der Waals surface area contributed by atoms with Crippen molar-refractivity contribution >= 4 is 0 Å². The van der Waals surface area contributed by atoms with Crippen LogP contribution >= 0.6 is 0 Å². The van der Waals surface area contributed by atoms with Gasteiger partial charge in [0.2, 0.25) is 0 Å². The number of hydrogen-bond acceptors (Lipinski definition) is 2. The van der Waals surface area contributed by atoms with E-state index >= 15 is 0 Å². The zero-order valence-corrected chi connectivity index (χ0v) is 9.04. The molecule has 0 aromatic carbocycles. The van der Waals surface area contributed by atoms with Gasteiger partial charge in [-0.05, 0) is 31.1 Å². The van der Waals surface area contributed by atoms with Gasteiger partial charge in [0.15, 0.2) is 0 Å². The molecule has 2 aliphatic rings. The fourth-order valence-corrected chi connectivity index (χ4v) is 3.33. The van der Waals surface area contributed by atoms with E-state index in [4.69, 9.17) is 5.11 Å². The van der Waals surface area contributed by atoms with Gasteiger partial charge < -0.3 is 10.4 Å². The van der Waals surface area contributed by atoms with Crippen LogP contribution in [0, 0.1) is 11.8 Å². The smallest absolute Gasteiger partial charge is 0.0556 e. The van der Waals surface area contributed by atoms with Gasteiger partial charge in [0.25, 0.3) is 0 Å². The summed E-state index contributed by atoms with van der Waals surface area (Å²) in [5.74, 6) is 2.03. The second-order valence-electron chi connectivity index (χ2n) is 4.99. The second kappa shape index (κ2) is 5.13. The topological polar surface area (TPSA) is 32.3 Å². The van der Waals surface area contributed by atoms with E-state index in [1.165, 1.54) is 44.9 Å². The lowest BCUT2D eigenvalue weighted by molar-refractivity contribution is 0.140. The molecule has 3 atom stereocenters. The molecular weight excluding hydrogens is 174 g/mol. The van der Waals surface area contributed by atoms with Crippen LogP contribution < -0.4 is 5.32 Å². The third-order valence-corrected chi connectivity index (χ3v) is 4.08. The Morgan fingerprint density at radius 1 is 1.00 bits per heavy atom. The summed E-state index contributed by atoms with van der Waals surface area (Å²) in [6, 6.07) is 0.696. The van der Waals surface area contributed by atoms with Crippen molar-refractivity contribution < 1.29 is 5.11 Å². The van der Waals surface area contributed by atoms with Gasteiger partial charge in [-0.1, -0.05) is 25.7 Å². The molecule has 0 spiro atoms. The van der Waals surface area contributed by atoms with Crippen LogP contribution in [0.15, 0.2) is 0 Å². The van der Waals surface area contributed by atoms with Crippen molar-refractivity contribution in [2.24, 2.45) is 11.8 Å². The Hall–Kier alpha value is -0.0800. The molecule has 0 amide bonds. The molecule has 2 fully saturated rings. The number of hydrogen-bond donors (Lipinski definition) is 2. The highest BCUT2D eigenvalue weighted by atomic mass is 16.3. The van der Waals surface area contributed by atoms with E-state index < -0.39 is 0 Å². The quantitative estimate of drug-likeness (QED) is 0.724. The van der Waals surface area contributed by atoms with Crippen LogP contribution in [0.5, 0.6) is 0 Å². The Bertz CT molecular complexity index is 172. The summed E-state index contributed by atoms with van der Waals surface area (Å²) in [5, 5.41) is 12.2. The third-order valence-electron chi connectivity index (χ3n) is 4.08. The predicted octanol–water partition coefficient (Wildman–Crippen LogP) is 1.93. The monoisotopic (exact) mass is 197 g/mol. The van der Waals surface area contributed by atoms with Crippen LogP contribution in [0.2, 0.25) is 0 Å². The summed E-state index contributed by atoms with van der Waals surface area (Å²) in [5.41, 5.74) is 0. The van der Waals surface area contributed by atoms with E-state index in [9.17, 15) is 0 Å². The summed E-state index contributed by atoms with van der Waals surface area (Å²) in [6.07, 6.45) is 9.99. The first-order chi connectivity index (χ1) is 6.90. The molecular formula is C12H23NO. The molecule has 2 rings (SSSR count). The van der Waals surface area contributed by atoms with Gasteiger partial charge >= 0.3 is 0 Å². The Balaban J connectivity index is 1.77. The summed E-state index contributed by atoms with van der Waals surface area (Å²) in [6.45, 7) is 1.06. The maximum absolute atomic E-state index is 8.77. The van der Waals surface area contributed by atoms with Crippen molar-refractivity contribution in [3.05, 3.63) is 0 Å². The van der Waals surface area contributed by atoms with Crippen molar-refractivity contribution in [1.29, 1.82) is 0 Å². The van der Waals surface area contributed by atoms with Crippen LogP contribution in [0.1, 0.15) is 44.9 Å². The van der Waals surface area contributed by atoms with E-state index in [0.717, 1.165) is 18.4 Å². The average Bonchev–Trinajstić information content (AvgIpc) is 2.26. The second-order valence-corrected chi connectivity index (χ2v) is 4.99. The minimum absolute atomic E-state index is 0.282.